The van der Waals surface area contributed by atoms with Crippen molar-refractivity contribution >= 4 is 5.78 Å². The molecule has 1 aromatic rings. The Kier molecular flexibility index (Phi) is 2.23. The van der Waals surface area contributed by atoms with E-state index in [1.54, 1.807) is 19.2 Å². The normalized spacial score (nSPS) is 19.6. The van der Waals surface area contributed by atoms with Crippen molar-refractivity contribution in [2.24, 2.45) is 0 Å². The van der Waals surface area contributed by atoms with Gasteiger partial charge in [-0.15, -0.1) is 0 Å². The molecular formula is C10H11NO3. The van der Waals surface area contributed by atoms with Crippen LogP contribution in [-0.4, -0.2) is 24.1 Å². The smallest absolute Gasteiger partial charge is 0.182 e. The van der Waals surface area contributed by atoms with E-state index in [9.17, 15) is 4.79 Å². The Balaban J connectivity index is 2.47. The van der Waals surface area contributed by atoms with Crippen LogP contribution >= 0.6 is 0 Å². The zero-order valence-electron chi connectivity index (χ0n) is 7.78. The summed E-state index contributed by atoms with van der Waals surface area (Å²) in [6, 6.07) is 4.81. The first kappa shape index (κ1) is 9.18. The third-order valence-corrected chi connectivity index (χ3v) is 2.50. The second kappa shape index (κ2) is 3.40. The molecule has 1 unspecified atom stereocenters. The van der Waals surface area contributed by atoms with E-state index in [2.05, 4.69) is 0 Å². The van der Waals surface area contributed by atoms with E-state index in [-0.39, 0.29) is 5.78 Å². The van der Waals surface area contributed by atoms with Crippen LogP contribution in [0.15, 0.2) is 18.2 Å². The number of carbonyl (C=O) groups is 1. The number of ketones is 1. The molecule has 0 bridgehead atoms. The number of hydrogen-bond acceptors (Lipinski definition) is 4. The Morgan fingerprint density at radius 2 is 2.36 bits per heavy atom. The summed E-state index contributed by atoms with van der Waals surface area (Å²) in [6.07, 6.45) is 0.481. The van der Waals surface area contributed by atoms with E-state index in [0.29, 0.717) is 17.7 Å². The van der Waals surface area contributed by atoms with E-state index >= 15 is 0 Å². The number of hydrogen-bond donors (Lipinski definition) is 2. The lowest BCUT2D eigenvalue weighted by Gasteiger charge is -2.05. The third-order valence-electron chi connectivity index (χ3n) is 2.50. The van der Waals surface area contributed by atoms with Crippen LogP contribution in [0, 0.1) is 0 Å². The van der Waals surface area contributed by atoms with Gasteiger partial charge in [0, 0.05) is 17.5 Å². The molecule has 1 aliphatic carbocycles. The van der Waals surface area contributed by atoms with Crippen LogP contribution in [0.5, 0.6) is 5.75 Å². The molecule has 0 aromatic heterocycles. The van der Waals surface area contributed by atoms with Crippen LogP contribution in [-0.2, 0) is 6.42 Å². The largest absolute Gasteiger partial charge is 0.496 e. The highest BCUT2D eigenvalue weighted by Crippen LogP contribution is 2.30. The minimum Gasteiger partial charge on any atom is -0.496 e. The third kappa shape index (κ3) is 1.20. The predicted molar refractivity (Wildman–Crippen MR) is 49.7 cm³/mol. The van der Waals surface area contributed by atoms with Crippen LogP contribution in [0.4, 0.5) is 0 Å². The fourth-order valence-corrected chi connectivity index (χ4v) is 1.79. The van der Waals surface area contributed by atoms with Crippen molar-refractivity contribution in [1.29, 1.82) is 0 Å². The maximum Gasteiger partial charge on any atom is 0.182 e. The summed E-state index contributed by atoms with van der Waals surface area (Å²) >= 11 is 0. The molecule has 4 nitrogen and oxygen atoms in total. The quantitative estimate of drug-likeness (QED) is 0.681. The van der Waals surface area contributed by atoms with Gasteiger partial charge in [0.25, 0.3) is 0 Å². The summed E-state index contributed by atoms with van der Waals surface area (Å²) in [5, 5.41) is 8.76. The van der Waals surface area contributed by atoms with Crippen LogP contribution < -0.4 is 10.2 Å². The van der Waals surface area contributed by atoms with Gasteiger partial charge in [0.2, 0.25) is 0 Å². The van der Waals surface area contributed by atoms with Crippen LogP contribution in [0.1, 0.15) is 15.9 Å². The second-order valence-electron chi connectivity index (χ2n) is 3.24. The van der Waals surface area contributed by atoms with Crippen LogP contribution in [0.2, 0.25) is 0 Å². The molecule has 2 rings (SSSR count). The van der Waals surface area contributed by atoms with E-state index in [0.717, 1.165) is 5.56 Å². The maximum absolute atomic E-state index is 11.6. The van der Waals surface area contributed by atoms with Gasteiger partial charge >= 0.3 is 0 Å². The number of carbonyl (C=O) groups excluding carboxylic acids is 1. The lowest BCUT2D eigenvalue weighted by Crippen LogP contribution is -2.31. The lowest BCUT2D eigenvalue weighted by atomic mass is 10.1. The highest BCUT2D eigenvalue weighted by Gasteiger charge is 2.31. The lowest BCUT2D eigenvalue weighted by molar-refractivity contribution is 0.0792. The molecule has 1 aliphatic rings. The highest BCUT2D eigenvalue weighted by atomic mass is 16.5. The Hall–Kier alpha value is -1.39. The first-order valence-electron chi connectivity index (χ1n) is 4.37. The standard InChI is InChI=1S/C10H11NO3/c1-14-9-4-2-3-6-7(9)5-8(11-13)10(6)12/h2-4,8,11,13H,5H2,1H3. The molecular weight excluding hydrogens is 182 g/mol. The highest BCUT2D eigenvalue weighted by molar-refractivity contribution is 6.05. The van der Waals surface area contributed by atoms with Gasteiger partial charge in [0.1, 0.15) is 5.75 Å². The van der Waals surface area contributed by atoms with Gasteiger partial charge in [-0.05, 0) is 6.07 Å². The Morgan fingerprint density at radius 1 is 1.57 bits per heavy atom. The molecule has 0 spiro atoms. The molecule has 0 fully saturated rings. The number of methoxy groups -OCH3 is 1. The molecule has 74 valence electrons. The first-order chi connectivity index (χ1) is 6.77. The van der Waals surface area contributed by atoms with Crippen molar-refractivity contribution in [3.63, 3.8) is 0 Å². The Bertz CT molecular complexity index is 376. The average molecular weight is 193 g/mol. The zero-order valence-corrected chi connectivity index (χ0v) is 7.78. The fourth-order valence-electron chi connectivity index (χ4n) is 1.79. The molecule has 1 aromatic carbocycles. The van der Waals surface area contributed by atoms with Crippen molar-refractivity contribution in [2.45, 2.75) is 12.5 Å². The average Bonchev–Trinajstić information content (AvgIpc) is 2.55. The molecule has 0 amide bonds. The second-order valence-corrected chi connectivity index (χ2v) is 3.24. The summed E-state index contributed by atoms with van der Waals surface area (Å²) in [4.78, 5) is 11.6. The minimum atomic E-state index is -0.527. The summed E-state index contributed by atoms with van der Waals surface area (Å²) in [7, 11) is 1.57. The number of nitrogens with one attached hydrogen (secondary N) is 1. The number of fused-ring (bicyclic) bond motifs is 1. The molecule has 14 heavy (non-hydrogen) atoms. The zero-order chi connectivity index (χ0) is 10.1. The molecule has 0 saturated heterocycles. The van der Waals surface area contributed by atoms with Gasteiger partial charge in [-0.2, -0.15) is 5.48 Å². The predicted octanol–water partition coefficient (Wildman–Crippen LogP) is 0.781. The number of ether oxygens (including phenoxy) is 1. The minimum absolute atomic E-state index is 0.0820. The molecule has 0 radical (unpaired) electrons. The number of rotatable bonds is 2. The van der Waals surface area contributed by atoms with Gasteiger partial charge < -0.3 is 9.94 Å². The molecule has 0 saturated carbocycles. The van der Waals surface area contributed by atoms with E-state index in [4.69, 9.17) is 9.94 Å². The summed E-state index contributed by atoms with van der Waals surface area (Å²) in [6.45, 7) is 0. The van der Waals surface area contributed by atoms with Gasteiger partial charge in [-0.1, -0.05) is 12.1 Å². The van der Waals surface area contributed by atoms with E-state index in [1.165, 1.54) is 0 Å². The van der Waals surface area contributed by atoms with Crippen molar-refractivity contribution in [3.05, 3.63) is 29.3 Å². The number of hydroxylamine groups is 1. The van der Waals surface area contributed by atoms with Gasteiger partial charge in [-0.25, -0.2) is 0 Å². The molecule has 2 N–H and O–H groups in total. The van der Waals surface area contributed by atoms with Crippen molar-refractivity contribution < 1.29 is 14.7 Å². The molecule has 4 heteroatoms. The van der Waals surface area contributed by atoms with E-state index in [1.807, 2.05) is 11.5 Å². The summed E-state index contributed by atoms with van der Waals surface area (Å²) < 4.78 is 5.14. The Labute approximate surface area is 81.5 Å². The molecule has 1 atom stereocenters. The fraction of sp³-hybridized carbons (Fsp3) is 0.300. The van der Waals surface area contributed by atoms with Crippen molar-refractivity contribution in [3.8, 4) is 5.75 Å². The van der Waals surface area contributed by atoms with E-state index < -0.39 is 6.04 Å². The maximum atomic E-state index is 11.6. The number of benzene rings is 1. The van der Waals surface area contributed by atoms with Crippen molar-refractivity contribution in [2.75, 3.05) is 7.11 Å². The molecule has 0 heterocycles. The number of Topliss-reactive ketones (excluding diaryl/α,β-unsaturated/α-hetero) is 1. The van der Waals surface area contributed by atoms with Crippen molar-refractivity contribution in [1.82, 2.24) is 5.48 Å². The summed E-state index contributed by atoms with van der Waals surface area (Å²) in [5.41, 5.74) is 3.51. The van der Waals surface area contributed by atoms with Gasteiger partial charge in [-0.3, -0.25) is 4.79 Å². The van der Waals surface area contributed by atoms with Crippen LogP contribution in [0.25, 0.3) is 0 Å². The first-order valence-corrected chi connectivity index (χ1v) is 4.37. The van der Waals surface area contributed by atoms with Gasteiger partial charge in [0.05, 0.1) is 13.2 Å². The summed E-state index contributed by atoms with van der Waals surface area (Å²) in [5.74, 6) is 0.620. The van der Waals surface area contributed by atoms with Gasteiger partial charge in [0.15, 0.2) is 5.78 Å². The molecule has 0 aliphatic heterocycles. The topological polar surface area (TPSA) is 58.6 Å². The monoisotopic (exact) mass is 193 g/mol. The van der Waals surface area contributed by atoms with Crippen LogP contribution in [0.3, 0.4) is 0 Å². The Morgan fingerprint density at radius 3 is 3.00 bits per heavy atom. The SMILES string of the molecule is COc1cccc2c1CC(NO)C2=O.